The minimum atomic E-state index is -0.248. The minimum absolute atomic E-state index is 0.0119. The molecule has 0 aliphatic rings. The van der Waals surface area contributed by atoms with Gasteiger partial charge in [-0.25, -0.2) is 9.97 Å². The fraction of sp³-hybridized carbons (Fsp3) is 0.316. The number of nitrogens with one attached hydrogen (secondary N) is 1. The second kappa shape index (κ2) is 7.14. The highest BCUT2D eigenvalue weighted by molar-refractivity contribution is 8.00. The third-order valence-corrected chi connectivity index (χ3v) is 5.43. The van der Waals surface area contributed by atoms with Crippen molar-refractivity contribution in [3.8, 4) is 10.7 Å². The fourth-order valence-corrected chi connectivity index (χ4v) is 3.94. The van der Waals surface area contributed by atoms with E-state index in [1.54, 1.807) is 11.3 Å². The molecule has 0 aliphatic carbocycles. The Morgan fingerprint density at radius 1 is 1.16 bits per heavy atom. The van der Waals surface area contributed by atoms with Crippen molar-refractivity contribution >= 4 is 39.9 Å². The number of thioether (sulfide) groups is 1. The van der Waals surface area contributed by atoms with Crippen LogP contribution >= 0.6 is 23.1 Å². The number of thiophene rings is 1. The van der Waals surface area contributed by atoms with Gasteiger partial charge in [0.1, 0.15) is 5.03 Å². The molecule has 0 unspecified atom stereocenters. The number of amides is 1. The molecule has 0 saturated heterocycles. The van der Waals surface area contributed by atoms with Gasteiger partial charge < -0.3 is 5.32 Å². The summed E-state index contributed by atoms with van der Waals surface area (Å²) < 4.78 is 0. The van der Waals surface area contributed by atoms with Crippen molar-refractivity contribution in [3.63, 3.8) is 0 Å². The molecule has 130 valence electrons. The van der Waals surface area contributed by atoms with Crippen LogP contribution < -0.4 is 5.32 Å². The zero-order valence-electron chi connectivity index (χ0n) is 14.7. The number of aromatic nitrogens is 2. The molecule has 4 nitrogen and oxygen atoms in total. The third-order valence-electron chi connectivity index (χ3n) is 3.47. The number of hydrogen-bond acceptors (Lipinski definition) is 5. The zero-order chi connectivity index (χ0) is 18.0. The number of hydrogen-bond donors (Lipinski definition) is 1. The van der Waals surface area contributed by atoms with Gasteiger partial charge >= 0.3 is 0 Å². The maximum atomic E-state index is 12.4. The maximum Gasteiger partial charge on any atom is 0.233 e. The average Bonchev–Trinajstić information content (AvgIpc) is 3.07. The minimum Gasteiger partial charge on any atom is -0.351 e. The highest BCUT2D eigenvalue weighted by Crippen LogP contribution is 2.32. The van der Waals surface area contributed by atoms with Crippen LogP contribution in [0.2, 0.25) is 0 Å². The molecular weight excluding hydrogens is 350 g/mol. The van der Waals surface area contributed by atoms with E-state index < -0.39 is 0 Å². The predicted molar refractivity (Wildman–Crippen MR) is 106 cm³/mol. The summed E-state index contributed by atoms with van der Waals surface area (Å²) in [5, 5.41) is 6.61. The van der Waals surface area contributed by atoms with E-state index in [2.05, 4.69) is 10.3 Å². The molecule has 3 aromatic rings. The summed E-state index contributed by atoms with van der Waals surface area (Å²) in [5.41, 5.74) is 0.647. The highest BCUT2D eigenvalue weighted by atomic mass is 32.2. The molecule has 0 spiro atoms. The molecule has 25 heavy (non-hydrogen) atoms. The van der Waals surface area contributed by atoms with Crippen LogP contribution in [0.25, 0.3) is 21.6 Å². The van der Waals surface area contributed by atoms with Gasteiger partial charge in [0.15, 0.2) is 5.82 Å². The molecule has 0 saturated carbocycles. The Morgan fingerprint density at radius 2 is 1.92 bits per heavy atom. The molecule has 0 aliphatic heterocycles. The van der Waals surface area contributed by atoms with Crippen LogP contribution in [0.1, 0.15) is 27.7 Å². The second-order valence-corrected chi connectivity index (χ2v) is 9.12. The van der Waals surface area contributed by atoms with Crippen LogP contribution in [-0.4, -0.2) is 26.7 Å². The number of fused-ring (bicyclic) bond motifs is 1. The van der Waals surface area contributed by atoms with Crippen molar-refractivity contribution in [2.45, 2.75) is 43.5 Å². The smallest absolute Gasteiger partial charge is 0.233 e. The van der Waals surface area contributed by atoms with Crippen LogP contribution in [0.3, 0.4) is 0 Å². The van der Waals surface area contributed by atoms with Crippen LogP contribution in [-0.2, 0) is 4.79 Å². The quantitative estimate of drug-likeness (QED) is 0.531. The second-order valence-electron chi connectivity index (χ2n) is 6.85. The predicted octanol–water partition coefficient (Wildman–Crippen LogP) is 4.75. The first-order valence-corrected chi connectivity index (χ1v) is 9.89. The number of benzene rings is 1. The molecule has 1 N–H and O–H groups in total. The van der Waals surface area contributed by atoms with E-state index in [-0.39, 0.29) is 16.7 Å². The molecule has 0 fully saturated rings. The Kier molecular flexibility index (Phi) is 5.11. The van der Waals surface area contributed by atoms with Gasteiger partial charge in [-0.2, -0.15) is 0 Å². The van der Waals surface area contributed by atoms with E-state index in [1.165, 1.54) is 11.8 Å². The van der Waals surface area contributed by atoms with Crippen LogP contribution in [0.5, 0.6) is 0 Å². The lowest BCUT2D eigenvalue weighted by Gasteiger charge is -2.23. The van der Waals surface area contributed by atoms with Crippen molar-refractivity contribution in [1.82, 2.24) is 15.3 Å². The third kappa shape index (κ3) is 4.38. The Balaban J connectivity index is 1.96. The first-order valence-electron chi connectivity index (χ1n) is 8.13. The number of carbonyl (C=O) groups excluding carboxylic acids is 1. The lowest BCUT2D eigenvalue weighted by Crippen LogP contribution is -2.44. The van der Waals surface area contributed by atoms with Gasteiger partial charge in [0.2, 0.25) is 5.91 Å². The maximum absolute atomic E-state index is 12.4. The zero-order valence-corrected chi connectivity index (χ0v) is 16.4. The molecule has 1 atom stereocenters. The molecule has 6 heteroatoms. The number of rotatable bonds is 4. The van der Waals surface area contributed by atoms with Gasteiger partial charge in [0.25, 0.3) is 0 Å². The van der Waals surface area contributed by atoms with E-state index in [0.717, 1.165) is 20.8 Å². The molecular formula is C19H21N3OS2. The summed E-state index contributed by atoms with van der Waals surface area (Å²) in [4.78, 5) is 22.9. The Morgan fingerprint density at radius 3 is 2.60 bits per heavy atom. The summed E-state index contributed by atoms with van der Waals surface area (Å²) in [5.74, 6) is 0.720. The van der Waals surface area contributed by atoms with Crippen molar-refractivity contribution in [3.05, 3.63) is 41.8 Å². The highest BCUT2D eigenvalue weighted by Gasteiger charge is 2.22. The summed E-state index contributed by atoms with van der Waals surface area (Å²) in [6.07, 6.45) is 0. The van der Waals surface area contributed by atoms with E-state index in [1.807, 2.05) is 69.5 Å². The van der Waals surface area contributed by atoms with Crippen molar-refractivity contribution < 1.29 is 4.79 Å². The molecule has 3 rings (SSSR count). The van der Waals surface area contributed by atoms with E-state index in [0.29, 0.717) is 5.82 Å². The van der Waals surface area contributed by atoms with Gasteiger partial charge in [-0.3, -0.25) is 4.79 Å². The van der Waals surface area contributed by atoms with E-state index >= 15 is 0 Å². The van der Waals surface area contributed by atoms with Crippen molar-refractivity contribution in [1.29, 1.82) is 0 Å². The average molecular weight is 372 g/mol. The topological polar surface area (TPSA) is 54.9 Å². The van der Waals surface area contributed by atoms with Gasteiger partial charge in [0.05, 0.1) is 15.6 Å². The monoisotopic (exact) mass is 371 g/mol. The Labute approximate surface area is 156 Å². The van der Waals surface area contributed by atoms with Crippen LogP contribution in [0, 0.1) is 0 Å². The summed E-state index contributed by atoms with van der Waals surface area (Å²) >= 11 is 3.09. The van der Waals surface area contributed by atoms with Gasteiger partial charge in [-0.1, -0.05) is 36.0 Å². The Bertz CT molecular complexity index is 885. The summed E-state index contributed by atoms with van der Waals surface area (Å²) in [6.45, 7) is 7.86. The lowest BCUT2D eigenvalue weighted by molar-refractivity contribution is -0.121. The number of carbonyl (C=O) groups is 1. The molecule has 0 radical (unpaired) electrons. The molecule has 1 aromatic carbocycles. The van der Waals surface area contributed by atoms with Gasteiger partial charge in [-0.05, 0) is 45.2 Å². The van der Waals surface area contributed by atoms with Crippen molar-refractivity contribution in [2.75, 3.05) is 0 Å². The number of nitrogens with zero attached hydrogens (tertiary/aromatic N) is 2. The SMILES string of the molecule is C[C@@H](Sc1nc(-c2cccs2)nc2ccccc12)C(=O)NC(C)(C)C. The van der Waals surface area contributed by atoms with Gasteiger partial charge in [-0.15, -0.1) is 11.3 Å². The van der Waals surface area contributed by atoms with Gasteiger partial charge in [0, 0.05) is 10.9 Å². The normalized spacial score (nSPS) is 13.0. The Hall–Kier alpha value is -1.92. The van der Waals surface area contributed by atoms with Crippen molar-refractivity contribution in [2.24, 2.45) is 0 Å². The standard InChI is InChI=1S/C19H21N3OS2/c1-12(17(23)22-19(2,3)4)25-18-13-8-5-6-9-14(13)20-16(21-18)15-10-7-11-24-15/h5-12H,1-4H3,(H,22,23)/t12-/m1/s1. The largest absolute Gasteiger partial charge is 0.351 e. The summed E-state index contributed by atoms with van der Waals surface area (Å²) in [7, 11) is 0. The molecule has 1 amide bonds. The van der Waals surface area contributed by atoms with E-state index in [4.69, 9.17) is 4.98 Å². The number of para-hydroxylation sites is 1. The first-order chi connectivity index (χ1) is 11.8. The molecule has 2 heterocycles. The molecule has 2 aromatic heterocycles. The van der Waals surface area contributed by atoms with E-state index in [9.17, 15) is 4.79 Å². The summed E-state index contributed by atoms with van der Waals surface area (Å²) in [6, 6.07) is 11.9. The molecule has 0 bridgehead atoms. The fourth-order valence-electron chi connectivity index (χ4n) is 2.35. The van der Waals surface area contributed by atoms with Crippen LogP contribution in [0.4, 0.5) is 0 Å². The first kappa shape index (κ1) is 17.9. The van der Waals surface area contributed by atoms with Crippen LogP contribution in [0.15, 0.2) is 46.8 Å². The lowest BCUT2D eigenvalue weighted by atomic mass is 10.1.